The molecule has 0 radical (unpaired) electrons. The SMILES string of the molecule is CC(=Nc1cc(N(C)S(N)(=O)=O)ccc1NCC1CCOCC1)C(C)(C)C. The van der Waals surface area contributed by atoms with Gasteiger partial charge in [0.2, 0.25) is 0 Å². The van der Waals surface area contributed by atoms with E-state index >= 15 is 0 Å². The Hall–Kier alpha value is -1.64. The third-order valence-corrected chi connectivity index (χ3v) is 6.00. The molecule has 0 spiro atoms. The maximum Gasteiger partial charge on any atom is 0.298 e. The summed E-state index contributed by atoms with van der Waals surface area (Å²) < 4.78 is 29.8. The van der Waals surface area contributed by atoms with Crippen LogP contribution in [0.5, 0.6) is 0 Å². The molecule has 0 aliphatic carbocycles. The van der Waals surface area contributed by atoms with E-state index < -0.39 is 10.2 Å². The van der Waals surface area contributed by atoms with Crippen LogP contribution in [0.15, 0.2) is 23.2 Å². The Bertz CT molecular complexity index is 779. The van der Waals surface area contributed by atoms with Crippen molar-refractivity contribution in [3.05, 3.63) is 18.2 Å². The summed E-state index contributed by atoms with van der Waals surface area (Å²) in [4.78, 5) is 4.79. The van der Waals surface area contributed by atoms with Gasteiger partial charge in [-0.05, 0) is 49.3 Å². The molecule has 0 saturated carbocycles. The Morgan fingerprint density at radius 1 is 1.33 bits per heavy atom. The summed E-state index contributed by atoms with van der Waals surface area (Å²) >= 11 is 0. The second-order valence-corrected chi connectivity index (χ2v) is 9.68. The van der Waals surface area contributed by atoms with Crippen LogP contribution in [0.4, 0.5) is 17.1 Å². The number of aliphatic imine (C=N–C) groups is 1. The van der Waals surface area contributed by atoms with Gasteiger partial charge in [-0.1, -0.05) is 20.8 Å². The lowest BCUT2D eigenvalue weighted by atomic mass is 9.91. The molecule has 3 N–H and O–H groups in total. The van der Waals surface area contributed by atoms with Gasteiger partial charge >= 0.3 is 0 Å². The number of hydrogen-bond donors (Lipinski definition) is 2. The summed E-state index contributed by atoms with van der Waals surface area (Å²) in [6, 6.07) is 5.36. The normalized spacial score (nSPS) is 17.0. The highest BCUT2D eigenvalue weighted by Gasteiger charge is 2.19. The van der Waals surface area contributed by atoms with Crippen LogP contribution >= 0.6 is 0 Å². The van der Waals surface area contributed by atoms with Crippen LogP contribution in [0.3, 0.4) is 0 Å². The first kappa shape index (κ1) is 21.7. The van der Waals surface area contributed by atoms with Gasteiger partial charge in [-0.15, -0.1) is 0 Å². The van der Waals surface area contributed by atoms with Crippen molar-refractivity contribution >= 4 is 33.0 Å². The lowest BCUT2D eigenvalue weighted by molar-refractivity contribution is 0.0699. The number of nitrogens with one attached hydrogen (secondary N) is 1. The molecular weight excluding hydrogens is 364 g/mol. The molecule has 1 aromatic rings. The van der Waals surface area contributed by atoms with Crippen molar-refractivity contribution in [3.8, 4) is 0 Å². The maximum atomic E-state index is 11.7. The lowest BCUT2D eigenvalue weighted by Gasteiger charge is -2.24. The van der Waals surface area contributed by atoms with E-state index in [2.05, 4.69) is 26.1 Å². The molecule has 7 nitrogen and oxygen atoms in total. The topological polar surface area (TPSA) is 97.0 Å². The Morgan fingerprint density at radius 3 is 2.52 bits per heavy atom. The van der Waals surface area contributed by atoms with Crippen LogP contribution in [0.1, 0.15) is 40.5 Å². The van der Waals surface area contributed by atoms with Gasteiger partial charge in [0.25, 0.3) is 10.2 Å². The van der Waals surface area contributed by atoms with Crippen molar-refractivity contribution in [1.82, 2.24) is 0 Å². The van der Waals surface area contributed by atoms with Gasteiger partial charge in [-0.2, -0.15) is 8.42 Å². The van der Waals surface area contributed by atoms with Crippen molar-refractivity contribution < 1.29 is 13.2 Å². The first-order valence-electron chi connectivity index (χ1n) is 9.26. The number of nitrogens with zero attached hydrogens (tertiary/aromatic N) is 2. The second kappa shape index (κ2) is 8.58. The van der Waals surface area contributed by atoms with E-state index in [1.807, 2.05) is 13.0 Å². The summed E-state index contributed by atoms with van der Waals surface area (Å²) in [5, 5.41) is 8.74. The number of nitrogens with two attached hydrogens (primary N) is 1. The number of anilines is 2. The van der Waals surface area contributed by atoms with Gasteiger partial charge in [0.05, 0.1) is 17.1 Å². The molecule has 1 saturated heterocycles. The molecule has 1 fully saturated rings. The van der Waals surface area contributed by atoms with Crippen molar-refractivity contribution in [2.75, 3.05) is 36.4 Å². The predicted molar refractivity (Wildman–Crippen MR) is 112 cm³/mol. The van der Waals surface area contributed by atoms with Crippen LogP contribution in [0.2, 0.25) is 0 Å². The van der Waals surface area contributed by atoms with Crippen LogP contribution in [-0.4, -0.2) is 40.9 Å². The molecule has 0 atom stereocenters. The van der Waals surface area contributed by atoms with E-state index in [0.29, 0.717) is 17.3 Å². The van der Waals surface area contributed by atoms with E-state index in [-0.39, 0.29) is 5.41 Å². The molecule has 0 bridgehead atoms. The minimum Gasteiger partial charge on any atom is -0.383 e. The Labute approximate surface area is 163 Å². The van der Waals surface area contributed by atoms with Crippen molar-refractivity contribution in [2.24, 2.45) is 21.5 Å². The summed E-state index contributed by atoms with van der Waals surface area (Å²) in [5.74, 6) is 0.561. The molecule has 0 amide bonds. The minimum absolute atomic E-state index is 0.0835. The average molecular weight is 397 g/mol. The Morgan fingerprint density at radius 2 is 1.96 bits per heavy atom. The van der Waals surface area contributed by atoms with Crippen molar-refractivity contribution in [3.63, 3.8) is 0 Å². The van der Waals surface area contributed by atoms with Crippen LogP contribution < -0.4 is 14.8 Å². The largest absolute Gasteiger partial charge is 0.383 e. The quantitative estimate of drug-likeness (QED) is 0.721. The molecule has 1 aliphatic heterocycles. The predicted octanol–water partition coefficient (Wildman–Crippen LogP) is 3.30. The van der Waals surface area contributed by atoms with Crippen molar-refractivity contribution in [2.45, 2.75) is 40.5 Å². The van der Waals surface area contributed by atoms with E-state index in [1.54, 1.807) is 12.1 Å². The van der Waals surface area contributed by atoms with Gasteiger partial charge in [-0.3, -0.25) is 9.30 Å². The van der Waals surface area contributed by atoms with E-state index in [0.717, 1.165) is 48.3 Å². The zero-order valence-electron chi connectivity index (χ0n) is 16.9. The third-order valence-electron chi connectivity index (χ3n) is 5.02. The van der Waals surface area contributed by atoms with E-state index in [4.69, 9.17) is 14.9 Å². The van der Waals surface area contributed by atoms with Gasteiger partial charge in [0.15, 0.2) is 0 Å². The molecule has 1 aromatic carbocycles. The lowest BCUT2D eigenvalue weighted by Crippen LogP contribution is -2.33. The highest BCUT2D eigenvalue weighted by Crippen LogP contribution is 2.33. The average Bonchev–Trinajstić information content (AvgIpc) is 2.59. The summed E-state index contributed by atoms with van der Waals surface area (Å²) in [6.45, 7) is 10.7. The summed E-state index contributed by atoms with van der Waals surface area (Å²) in [5.41, 5.74) is 2.96. The minimum atomic E-state index is -3.82. The van der Waals surface area contributed by atoms with E-state index in [9.17, 15) is 8.42 Å². The van der Waals surface area contributed by atoms with Gasteiger partial charge in [-0.25, -0.2) is 5.14 Å². The Balaban J connectivity index is 2.33. The molecule has 27 heavy (non-hydrogen) atoms. The third kappa shape index (κ3) is 6.19. The van der Waals surface area contributed by atoms with E-state index in [1.165, 1.54) is 7.05 Å². The number of rotatable bonds is 6. The van der Waals surface area contributed by atoms with Crippen LogP contribution in [-0.2, 0) is 14.9 Å². The fraction of sp³-hybridized carbons (Fsp3) is 0.632. The monoisotopic (exact) mass is 396 g/mol. The molecule has 8 heteroatoms. The Kier molecular flexibility index (Phi) is 6.88. The zero-order valence-corrected chi connectivity index (χ0v) is 17.8. The van der Waals surface area contributed by atoms with Gasteiger partial charge < -0.3 is 10.1 Å². The molecule has 152 valence electrons. The van der Waals surface area contributed by atoms with Crippen LogP contribution in [0.25, 0.3) is 0 Å². The van der Waals surface area contributed by atoms with Gasteiger partial charge in [0, 0.05) is 32.5 Å². The standard InChI is InChI=1S/C19H32N4O3S/c1-14(19(2,3)4)22-18-12-16(23(5)27(20,24)25)6-7-17(18)21-13-15-8-10-26-11-9-15/h6-7,12,15,21H,8-11,13H2,1-5H3,(H2,20,24,25). The molecule has 1 aliphatic rings. The molecule has 0 aromatic heterocycles. The zero-order chi connectivity index (χ0) is 20.2. The highest BCUT2D eigenvalue weighted by atomic mass is 32.2. The highest BCUT2D eigenvalue weighted by molar-refractivity contribution is 7.90. The van der Waals surface area contributed by atoms with Crippen molar-refractivity contribution in [1.29, 1.82) is 0 Å². The number of benzene rings is 1. The fourth-order valence-corrected chi connectivity index (χ4v) is 3.07. The smallest absolute Gasteiger partial charge is 0.298 e. The summed E-state index contributed by atoms with van der Waals surface area (Å²) in [7, 11) is -2.39. The molecule has 1 heterocycles. The van der Waals surface area contributed by atoms with Crippen LogP contribution in [0, 0.1) is 11.3 Å². The summed E-state index contributed by atoms with van der Waals surface area (Å²) in [6.07, 6.45) is 2.08. The fourth-order valence-electron chi connectivity index (χ4n) is 2.66. The number of hydrogen-bond acceptors (Lipinski definition) is 5. The van der Waals surface area contributed by atoms with Gasteiger partial charge in [0.1, 0.15) is 0 Å². The first-order valence-corrected chi connectivity index (χ1v) is 10.8. The maximum absolute atomic E-state index is 11.7. The second-order valence-electron chi connectivity index (χ2n) is 8.10. The molecule has 0 unspecified atom stereocenters. The first-order chi connectivity index (χ1) is 12.5. The number of ether oxygens (including phenoxy) is 1. The molecule has 2 rings (SSSR count). The molecular formula is C19H32N4O3S.